The topological polar surface area (TPSA) is 313 Å². The Morgan fingerprint density at radius 2 is 0.590 bits per heavy atom. The Kier molecular flexibility index (Phi) is 35.1. The molecule has 0 aromatic heterocycles. The van der Waals surface area contributed by atoms with Crippen molar-refractivity contribution in [3.63, 3.8) is 0 Å². The van der Waals surface area contributed by atoms with Gasteiger partial charge in [-0.15, -0.1) is 0 Å². The lowest BCUT2D eigenvalue weighted by molar-refractivity contribution is -0.385. The molecule has 9 rings (SSSR count). The van der Waals surface area contributed by atoms with Crippen LogP contribution in [-0.2, 0) is 49.4 Å². The molecular weight excluding hydrogens is 1350 g/mol. The zero-order valence-corrected chi connectivity index (χ0v) is 61.5. The molecule has 4 aliphatic carbocycles. The molecule has 0 unspecified atom stereocenters. The fourth-order valence-electron chi connectivity index (χ4n) is 13.4. The van der Waals surface area contributed by atoms with Gasteiger partial charge in [-0.05, 0) is 169 Å². The van der Waals surface area contributed by atoms with E-state index < -0.39 is 33.7 Å². The molecule has 0 spiro atoms. The minimum Gasteiger partial charge on any atom is -0.462 e. The number of hydrogen-bond donors (Lipinski definition) is 2. The lowest BCUT2D eigenvalue weighted by Crippen LogP contribution is -2.13. The van der Waals surface area contributed by atoms with Crippen molar-refractivity contribution in [2.45, 2.75) is 209 Å². The molecule has 4 fully saturated rings. The Balaban J connectivity index is 0.000000226. The number of nitro groups is 3. The first-order valence-corrected chi connectivity index (χ1v) is 36.4. The molecular formula is C76H100Cl3N5O16. The van der Waals surface area contributed by atoms with E-state index >= 15 is 0 Å². The van der Waals surface area contributed by atoms with Gasteiger partial charge in [-0.3, -0.25) is 30.3 Å². The Morgan fingerprint density at radius 3 is 0.930 bits per heavy atom. The molecule has 21 nitrogen and oxygen atoms in total. The number of nitrogens with zero attached hydrogens (tertiary/aromatic N) is 3. The molecule has 4 aliphatic rings. The van der Waals surface area contributed by atoms with Crippen molar-refractivity contribution >= 4 is 93.1 Å². The number of anilines is 2. The van der Waals surface area contributed by atoms with Crippen LogP contribution in [0.15, 0.2) is 60.7 Å². The largest absolute Gasteiger partial charge is 0.462 e. The summed E-state index contributed by atoms with van der Waals surface area (Å²) in [4.78, 5) is 90.6. The van der Waals surface area contributed by atoms with Gasteiger partial charge in [0.2, 0.25) is 0 Å². The second-order valence-electron chi connectivity index (χ2n) is 26.0. The Bertz CT molecular complexity index is 3420. The van der Waals surface area contributed by atoms with Crippen molar-refractivity contribution in [2.24, 2.45) is 23.7 Å². The van der Waals surface area contributed by atoms with E-state index in [1.807, 2.05) is 19.9 Å². The van der Waals surface area contributed by atoms with Crippen molar-refractivity contribution in [2.75, 3.05) is 44.5 Å². The maximum absolute atomic E-state index is 11.9. The number of nitro benzene ring substituents is 3. The number of hydrogen-bond acceptors (Lipinski definition) is 18. The molecule has 5 aromatic rings. The number of rotatable bonds is 21. The number of aryl methyl sites for hydroxylation is 3. The highest BCUT2D eigenvalue weighted by molar-refractivity contribution is 6.34. The third-order valence-electron chi connectivity index (χ3n) is 18.6. The summed E-state index contributed by atoms with van der Waals surface area (Å²) in [6, 6.07) is 15.8. The van der Waals surface area contributed by atoms with Crippen LogP contribution in [0.25, 0.3) is 0 Å². The van der Waals surface area contributed by atoms with Crippen LogP contribution < -0.4 is 11.5 Å². The van der Waals surface area contributed by atoms with E-state index in [-0.39, 0.29) is 68.9 Å². The average molecular weight is 1450 g/mol. The molecule has 0 radical (unpaired) electrons. The monoisotopic (exact) mass is 1440 g/mol. The smallest absolute Gasteiger partial charge is 0.339 e. The number of benzene rings is 5. The van der Waals surface area contributed by atoms with Gasteiger partial charge in [0, 0.05) is 40.7 Å². The molecule has 0 aliphatic heterocycles. The highest BCUT2D eigenvalue weighted by atomic mass is 35.5. The van der Waals surface area contributed by atoms with Crippen LogP contribution >= 0.6 is 34.8 Å². The molecule has 0 atom stereocenters. The van der Waals surface area contributed by atoms with Crippen molar-refractivity contribution in [1.82, 2.24) is 0 Å². The summed E-state index contributed by atoms with van der Waals surface area (Å²) in [6.45, 7) is 15.4. The maximum Gasteiger partial charge on any atom is 0.339 e. The van der Waals surface area contributed by atoms with Gasteiger partial charge >= 0.3 is 29.8 Å². The Morgan fingerprint density at radius 1 is 0.350 bits per heavy atom. The number of ether oxygens (including phenoxy) is 5. The molecule has 5 aromatic carbocycles. The normalized spacial score (nSPS) is 14.9. The van der Waals surface area contributed by atoms with Gasteiger partial charge in [0.1, 0.15) is 5.02 Å². The summed E-state index contributed by atoms with van der Waals surface area (Å²) in [5.41, 5.74) is 20.6. The highest BCUT2D eigenvalue weighted by Crippen LogP contribution is 2.37. The summed E-state index contributed by atoms with van der Waals surface area (Å²) < 4.78 is 24.7. The quantitative estimate of drug-likeness (QED) is 0.0227. The van der Waals surface area contributed by atoms with E-state index in [1.54, 1.807) is 65.8 Å². The van der Waals surface area contributed by atoms with Crippen molar-refractivity contribution < 1.29 is 62.4 Å². The summed E-state index contributed by atoms with van der Waals surface area (Å²) in [7, 11) is 0. The standard InChI is InChI=1S/C17H23NO4.C17H25NO2.C16H20ClNO4.C16H22ClNO2.C10H10ClNO4/c1-3-22-17(19)15-11-16(18(20)21)14(9-12(15)2)10-13-7-5-4-6-8-13;1-3-20-17(19)15-11-16(18)14(9-12(15)2)10-13-7-5-4-6-8-13;1-2-22-16(19)13-10-15(18(20)21)12(9-14(13)17)8-11-6-4-3-5-7-11;1-2-20-16(19)13-10-15(18)12(9-14(13)17)8-11-6-4-3-5-7-11;1-3-16-10(13)7-5-9(12(14)15)8(11)4-6(7)2/h9,11,13H,3-8,10H2,1-2H3;9,11,13H,3-8,10,18H2,1-2H3;9-11H,2-8H2,1H3;9-11H,2-8,18H2,1H3;4-5H,3H2,1-2H3. The van der Waals surface area contributed by atoms with Crippen LogP contribution in [-0.4, -0.2) is 77.7 Å². The molecule has 0 saturated heterocycles. The number of nitrogens with two attached hydrogens (primary N) is 2. The average Bonchev–Trinajstić information content (AvgIpc) is 0.834. The van der Waals surface area contributed by atoms with Crippen LogP contribution in [0, 0.1) is 74.8 Å². The third kappa shape index (κ3) is 25.6. The Labute approximate surface area is 602 Å². The molecule has 24 heteroatoms. The van der Waals surface area contributed by atoms with Gasteiger partial charge in [0.15, 0.2) is 0 Å². The second-order valence-corrected chi connectivity index (χ2v) is 27.2. The predicted molar refractivity (Wildman–Crippen MR) is 391 cm³/mol. The number of esters is 5. The zero-order valence-electron chi connectivity index (χ0n) is 59.3. The van der Waals surface area contributed by atoms with E-state index in [9.17, 15) is 54.3 Å². The van der Waals surface area contributed by atoms with E-state index in [1.165, 1.54) is 126 Å². The van der Waals surface area contributed by atoms with E-state index in [2.05, 4.69) is 6.07 Å². The van der Waals surface area contributed by atoms with E-state index in [0.717, 1.165) is 84.9 Å². The van der Waals surface area contributed by atoms with Crippen LogP contribution in [0.2, 0.25) is 15.1 Å². The van der Waals surface area contributed by atoms with Gasteiger partial charge in [-0.2, -0.15) is 0 Å². The molecule has 546 valence electrons. The van der Waals surface area contributed by atoms with Gasteiger partial charge in [-0.1, -0.05) is 169 Å². The van der Waals surface area contributed by atoms with Crippen molar-refractivity contribution in [3.8, 4) is 0 Å². The number of carbonyl (C=O) groups is 5. The first kappa shape index (κ1) is 82.8. The minimum atomic E-state index is -0.634. The molecule has 4 N–H and O–H groups in total. The summed E-state index contributed by atoms with van der Waals surface area (Å²) >= 11 is 18.0. The van der Waals surface area contributed by atoms with Crippen LogP contribution in [0.4, 0.5) is 28.4 Å². The van der Waals surface area contributed by atoms with Crippen LogP contribution in [0.3, 0.4) is 0 Å². The zero-order chi connectivity index (χ0) is 73.6. The number of halogens is 3. The fraction of sp³-hybridized carbons (Fsp3) is 0.539. The molecule has 4 saturated carbocycles. The van der Waals surface area contributed by atoms with Crippen LogP contribution in [0.5, 0.6) is 0 Å². The van der Waals surface area contributed by atoms with Gasteiger partial charge in [0.25, 0.3) is 17.1 Å². The summed E-state index contributed by atoms with van der Waals surface area (Å²) in [6.07, 6.45) is 28.2. The van der Waals surface area contributed by atoms with Crippen molar-refractivity contribution in [1.29, 1.82) is 0 Å². The SMILES string of the molecule is CCOC(=O)c1cc(N)c(CC2CCCCC2)cc1C.CCOC(=O)c1cc(N)c(CC2CCCCC2)cc1Cl.CCOC(=O)c1cc([N+](=O)[O-])c(CC2CCCCC2)cc1C.CCOC(=O)c1cc([N+](=O)[O-])c(CC2CCCCC2)cc1Cl.CCOC(=O)c1cc([N+](=O)[O-])c(Cl)cc1C. The summed E-state index contributed by atoms with van der Waals surface area (Å²) in [5, 5.41) is 34.0. The van der Waals surface area contributed by atoms with Crippen LogP contribution in [0.1, 0.15) is 254 Å². The van der Waals surface area contributed by atoms with Gasteiger partial charge in [0.05, 0.1) is 85.7 Å². The number of nitrogen functional groups attached to an aromatic ring is 2. The minimum absolute atomic E-state index is 0.00977. The lowest BCUT2D eigenvalue weighted by Gasteiger charge is -2.22. The molecule has 0 bridgehead atoms. The lowest BCUT2D eigenvalue weighted by atomic mass is 9.84. The fourth-order valence-corrected chi connectivity index (χ4v) is 14.2. The maximum atomic E-state index is 11.9. The predicted octanol–water partition coefficient (Wildman–Crippen LogP) is 19.6. The number of carbonyl (C=O) groups excluding carboxylic acids is 5. The molecule has 100 heavy (non-hydrogen) atoms. The highest BCUT2D eigenvalue weighted by Gasteiger charge is 2.28. The molecule has 0 heterocycles. The first-order valence-electron chi connectivity index (χ1n) is 35.3. The first-order chi connectivity index (χ1) is 47.7. The molecule has 0 amide bonds. The van der Waals surface area contributed by atoms with E-state index in [4.69, 9.17) is 70.0 Å². The second kappa shape index (κ2) is 42.4. The summed E-state index contributed by atoms with van der Waals surface area (Å²) in [5.74, 6) is 0.0212. The third-order valence-corrected chi connectivity index (χ3v) is 19.5. The van der Waals surface area contributed by atoms with E-state index in [0.29, 0.717) is 75.9 Å². The van der Waals surface area contributed by atoms with Gasteiger partial charge in [-0.25, -0.2) is 24.0 Å². The van der Waals surface area contributed by atoms with Gasteiger partial charge < -0.3 is 35.2 Å². The Hall–Kier alpha value is -7.88. The van der Waals surface area contributed by atoms with Crippen molar-refractivity contribution in [3.05, 3.63) is 173 Å².